The number of aromatic nitrogens is 2. The summed E-state index contributed by atoms with van der Waals surface area (Å²) >= 11 is 1.43. The fourth-order valence-electron chi connectivity index (χ4n) is 2.79. The number of carbonyl (C=O) groups is 2. The zero-order valence-corrected chi connectivity index (χ0v) is 22.7. The molecule has 0 amide bonds. The Labute approximate surface area is 206 Å². The molecular weight excluding hydrogens is 472 g/mol. The molecule has 0 aliphatic carbocycles. The molecule has 0 aliphatic rings. The number of nitrogens with zero attached hydrogens (tertiary/aromatic N) is 2. The number of rotatable bonds is 11. The number of hydrogen-bond donors (Lipinski definition) is 1. The van der Waals surface area contributed by atoms with Gasteiger partial charge in [0.25, 0.3) is 0 Å². The molecule has 0 aliphatic heterocycles. The quantitative estimate of drug-likeness (QED) is 0.198. The summed E-state index contributed by atoms with van der Waals surface area (Å²) in [5.41, 5.74) is 2.21. The molecule has 1 atom stereocenters. The second-order valence-corrected chi connectivity index (χ2v) is 15.0. The molecule has 0 saturated carbocycles. The lowest BCUT2D eigenvalue weighted by Gasteiger charge is -2.36. The van der Waals surface area contributed by atoms with Crippen LogP contribution in [-0.4, -0.2) is 47.7 Å². The second-order valence-electron chi connectivity index (χ2n) is 9.45. The molecular formula is C24H34N2O6SSi. The van der Waals surface area contributed by atoms with Crippen molar-refractivity contribution in [3.8, 4) is 5.75 Å². The zero-order valence-electron chi connectivity index (χ0n) is 20.9. The van der Waals surface area contributed by atoms with Crippen molar-refractivity contribution in [3.05, 3.63) is 47.3 Å². The third-order valence-corrected chi connectivity index (χ3v) is 10.8. The lowest BCUT2D eigenvalue weighted by Crippen LogP contribution is -2.40. The number of carboxylic acid groups (broad SMARTS) is 1. The minimum absolute atomic E-state index is 0.0297. The summed E-state index contributed by atoms with van der Waals surface area (Å²) in [6.07, 6.45) is 2.21. The van der Waals surface area contributed by atoms with Crippen LogP contribution in [0.3, 0.4) is 0 Å². The smallest absolute Gasteiger partial charge is 0.345 e. The third-order valence-electron chi connectivity index (χ3n) is 5.77. The first-order chi connectivity index (χ1) is 15.8. The fourth-order valence-corrected chi connectivity index (χ4v) is 4.12. The van der Waals surface area contributed by atoms with Crippen LogP contribution in [0.5, 0.6) is 5.75 Å². The van der Waals surface area contributed by atoms with Crippen LogP contribution in [0.2, 0.25) is 18.1 Å². The number of hydrogen-bond acceptors (Lipinski definition) is 8. The van der Waals surface area contributed by atoms with E-state index in [4.69, 9.17) is 13.9 Å². The van der Waals surface area contributed by atoms with E-state index < -0.39 is 26.4 Å². The molecule has 1 aromatic carbocycles. The average Bonchev–Trinajstić information content (AvgIpc) is 2.75. The van der Waals surface area contributed by atoms with Crippen molar-refractivity contribution in [2.24, 2.45) is 0 Å². The molecule has 0 bridgehead atoms. The molecule has 34 heavy (non-hydrogen) atoms. The number of benzene rings is 1. The van der Waals surface area contributed by atoms with Gasteiger partial charge in [-0.05, 0) is 53.7 Å². The predicted molar refractivity (Wildman–Crippen MR) is 133 cm³/mol. The lowest BCUT2D eigenvalue weighted by atomic mass is 10.0. The second kappa shape index (κ2) is 11.8. The molecule has 1 N–H and O–H groups in total. The number of carboxylic acids is 1. The molecule has 1 aromatic heterocycles. The van der Waals surface area contributed by atoms with Crippen LogP contribution in [0.1, 0.15) is 44.5 Å². The number of aliphatic carboxylic acids is 1. The van der Waals surface area contributed by atoms with Crippen molar-refractivity contribution in [1.82, 2.24) is 9.97 Å². The highest BCUT2D eigenvalue weighted by atomic mass is 32.2. The SMILES string of the molecule is CSc1nccc(COc2ccc(CO[Si](C)(C)C(C)(C)C)cc2CC(OC(C)=O)C(=O)O)n1. The highest BCUT2D eigenvalue weighted by Gasteiger charge is 2.37. The minimum Gasteiger partial charge on any atom is -0.487 e. The van der Waals surface area contributed by atoms with Gasteiger partial charge >= 0.3 is 11.9 Å². The summed E-state index contributed by atoms with van der Waals surface area (Å²) in [6, 6.07) is 7.32. The maximum Gasteiger partial charge on any atom is 0.345 e. The fraction of sp³-hybridized carbons (Fsp3) is 0.500. The highest BCUT2D eigenvalue weighted by Crippen LogP contribution is 2.37. The van der Waals surface area contributed by atoms with Gasteiger partial charge < -0.3 is 19.0 Å². The molecule has 2 rings (SSSR count). The summed E-state index contributed by atoms with van der Waals surface area (Å²) in [5.74, 6) is -1.37. The van der Waals surface area contributed by atoms with Crippen LogP contribution >= 0.6 is 11.8 Å². The first-order valence-corrected chi connectivity index (χ1v) is 15.1. The molecule has 10 heteroatoms. The normalized spacial score (nSPS) is 12.8. The van der Waals surface area contributed by atoms with Crippen molar-refractivity contribution in [1.29, 1.82) is 0 Å². The summed E-state index contributed by atoms with van der Waals surface area (Å²) in [6.45, 7) is 12.7. The first-order valence-electron chi connectivity index (χ1n) is 11.0. The monoisotopic (exact) mass is 506 g/mol. The van der Waals surface area contributed by atoms with Gasteiger partial charge in [0.05, 0.1) is 12.3 Å². The number of thioether (sulfide) groups is 1. The highest BCUT2D eigenvalue weighted by molar-refractivity contribution is 7.98. The summed E-state index contributed by atoms with van der Waals surface area (Å²) in [5, 5.41) is 10.3. The number of esters is 1. The Balaban J connectivity index is 2.29. The molecule has 1 unspecified atom stereocenters. The van der Waals surface area contributed by atoms with E-state index in [0.29, 0.717) is 28.8 Å². The molecule has 2 aromatic rings. The Kier molecular flexibility index (Phi) is 9.66. The van der Waals surface area contributed by atoms with E-state index >= 15 is 0 Å². The topological polar surface area (TPSA) is 108 Å². The molecule has 186 valence electrons. The van der Waals surface area contributed by atoms with Crippen LogP contribution < -0.4 is 4.74 Å². The molecule has 0 spiro atoms. The van der Waals surface area contributed by atoms with Crippen LogP contribution in [0.15, 0.2) is 35.6 Å². The number of ether oxygens (including phenoxy) is 2. The van der Waals surface area contributed by atoms with Crippen LogP contribution in [0.25, 0.3) is 0 Å². The maximum absolute atomic E-state index is 11.7. The van der Waals surface area contributed by atoms with Gasteiger partial charge in [0.2, 0.25) is 6.10 Å². The summed E-state index contributed by atoms with van der Waals surface area (Å²) < 4.78 is 17.3. The summed E-state index contributed by atoms with van der Waals surface area (Å²) in [7, 11) is -1.97. The summed E-state index contributed by atoms with van der Waals surface area (Å²) in [4.78, 5) is 31.7. The Morgan fingerprint density at radius 1 is 1.18 bits per heavy atom. The van der Waals surface area contributed by atoms with Crippen LogP contribution in [0, 0.1) is 0 Å². The Bertz CT molecular complexity index is 1010. The first kappa shape index (κ1) is 27.8. The van der Waals surface area contributed by atoms with E-state index in [9.17, 15) is 14.7 Å². The largest absolute Gasteiger partial charge is 0.487 e. The Hall–Kier alpha value is -2.43. The predicted octanol–water partition coefficient (Wildman–Crippen LogP) is 4.86. The van der Waals surface area contributed by atoms with Gasteiger partial charge in [-0.2, -0.15) is 0 Å². The molecule has 0 fully saturated rings. The van der Waals surface area contributed by atoms with Crippen molar-refractivity contribution < 1.29 is 28.6 Å². The van der Waals surface area contributed by atoms with E-state index in [-0.39, 0.29) is 18.1 Å². The van der Waals surface area contributed by atoms with Gasteiger partial charge in [0, 0.05) is 19.5 Å². The van der Waals surface area contributed by atoms with E-state index in [1.54, 1.807) is 18.3 Å². The standard InChI is InChI=1S/C24H34N2O6SSi/c1-16(27)32-21(22(28)29)13-18-12-17(14-31-34(6,7)24(2,3)4)8-9-20(18)30-15-19-10-11-25-23(26-19)33-5/h8-12,21H,13-15H2,1-7H3,(H,28,29). The van der Waals surface area contributed by atoms with Gasteiger partial charge in [-0.25, -0.2) is 14.8 Å². The third kappa shape index (κ3) is 8.10. The minimum atomic E-state index is -1.97. The van der Waals surface area contributed by atoms with Gasteiger partial charge in [-0.15, -0.1) is 0 Å². The van der Waals surface area contributed by atoms with Crippen molar-refractivity contribution in [2.75, 3.05) is 6.26 Å². The van der Waals surface area contributed by atoms with Crippen molar-refractivity contribution >= 4 is 32.0 Å². The molecule has 1 heterocycles. The van der Waals surface area contributed by atoms with E-state index in [1.165, 1.54) is 18.7 Å². The molecule has 0 radical (unpaired) electrons. The van der Waals surface area contributed by atoms with E-state index in [1.807, 2.05) is 18.4 Å². The van der Waals surface area contributed by atoms with Crippen molar-refractivity contribution in [3.63, 3.8) is 0 Å². The van der Waals surface area contributed by atoms with Crippen LogP contribution in [-0.2, 0) is 38.4 Å². The van der Waals surface area contributed by atoms with Gasteiger partial charge in [-0.3, -0.25) is 4.79 Å². The van der Waals surface area contributed by atoms with Gasteiger partial charge in [-0.1, -0.05) is 38.6 Å². The van der Waals surface area contributed by atoms with Gasteiger partial charge in [0.1, 0.15) is 12.4 Å². The molecule has 8 nitrogen and oxygen atoms in total. The van der Waals surface area contributed by atoms with Crippen LogP contribution in [0.4, 0.5) is 0 Å². The van der Waals surface area contributed by atoms with E-state index in [2.05, 4.69) is 43.8 Å². The lowest BCUT2D eigenvalue weighted by molar-refractivity contribution is -0.162. The van der Waals surface area contributed by atoms with Crippen molar-refractivity contribution in [2.45, 2.75) is 76.7 Å². The maximum atomic E-state index is 11.7. The van der Waals surface area contributed by atoms with E-state index in [0.717, 1.165) is 5.56 Å². The Morgan fingerprint density at radius 2 is 1.88 bits per heavy atom. The zero-order chi connectivity index (χ0) is 25.5. The van der Waals surface area contributed by atoms with Gasteiger partial charge in [0.15, 0.2) is 13.5 Å². The molecule has 0 saturated heterocycles. The number of carbonyl (C=O) groups excluding carboxylic acids is 1. The Morgan fingerprint density at radius 3 is 2.47 bits per heavy atom. The average molecular weight is 507 g/mol.